The van der Waals surface area contributed by atoms with Gasteiger partial charge >= 0.3 is 11.8 Å². The van der Waals surface area contributed by atoms with Gasteiger partial charge in [0.2, 0.25) is 0 Å². The highest BCUT2D eigenvalue weighted by molar-refractivity contribution is 6.35. The highest BCUT2D eigenvalue weighted by Gasteiger charge is 2.22. The smallest absolute Gasteiger partial charge is 0.329 e. The van der Waals surface area contributed by atoms with Crippen molar-refractivity contribution in [1.29, 1.82) is 0 Å². The third-order valence-electron chi connectivity index (χ3n) is 3.79. The zero-order valence-corrected chi connectivity index (χ0v) is 13.8. The fourth-order valence-electron chi connectivity index (χ4n) is 2.54. The van der Waals surface area contributed by atoms with Crippen molar-refractivity contribution in [3.63, 3.8) is 0 Å². The molecule has 0 unspecified atom stereocenters. The first-order valence-electron chi connectivity index (χ1n) is 8.20. The molecule has 2 rings (SSSR count). The summed E-state index contributed by atoms with van der Waals surface area (Å²) in [4.78, 5) is 25.5. The van der Waals surface area contributed by atoms with Gasteiger partial charge in [-0.15, -0.1) is 0 Å². The summed E-state index contributed by atoms with van der Waals surface area (Å²) in [5.74, 6) is -1.06. The second-order valence-electron chi connectivity index (χ2n) is 5.53. The minimum atomic E-state index is -0.770. The van der Waals surface area contributed by atoms with Crippen LogP contribution in [0.5, 0.6) is 11.5 Å². The van der Waals surface area contributed by atoms with Crippen molar-refractivity contribution in [3.8, 4) is 11.5 Å². The number of carbonyl (C=O) groups excluding carboxylic acids is 2. The van der Waals surface area contributed by atoms with Gasteiger partial charge in [0.05, 0.1) is 12.8 Å². The molecule has 1 aromatic rings. The summed E-state index contributed by atoms with van der Waals surface area (Å²) in [6.07, 6.45) is 5.28. The van der Waals surface area contributed by atoms with Crippen LogP contribution in [0.4, 0.5) is 0 Å². The van der Waals surface area contributed by atoms with Gasteiger partial charge in [-0.3, -0.25) is 9.59 Å². The number of hydrogen-bond donors (Lipinski definition) is 2. The molecular formula is C17H23N3O4. The molecule has 7 nitrogen and oxygen atoms in total. The number of aromatic hydroxyl groups is 1. The Kier molecular flexibility index (Phi) is 6.60. The molecule has 130 valence electrons. The van der Waals surface area contributed by atoms with Gasteiger partial charge in [-0.1, -0.05) is 18.9 Å². The Morgan fingerprint density at radius 1 is 1.29 bits per heavy atom. The summed E-state index contributed by atoms with van der Waals surface area (Å²) in [7, 11) is 0. The first-order chi connectivity index (χ1) is 11.6. The number of nitrogens with one attached hydrogen (secondary N) is 1. The van der Waals surface area contributed by atoms with Crippen molar-refractivity contribution in [2.45, 2.75) is 32.6 Å². The van der Waals surface area contributed by atoms with E-state index in [-0.39, 0.29) is 5.75 Å². The molecule has 2 N–H and O–H groups in total. The highest BCUT2D eigenvalue weighted by Crippen LogP contribution is 2.28. The van der Waals surface area contributed by atoms with Gasteiger partial charge in [0.1, 0.15) is 0 Å². The number of phenolic OH excluding ortho intramolecular Hbond substituents is 1. The maximum absolute atomic E-state index is 12.1. The third-order valence-corrected chi connectivity index (χ3v) is 3.79. The second kappa shape index (κ2) is 8.90. The largest absolute Gasteiger partial charge is 0.504 e. The molecule has 1 aromatic carbocycles. The summed E-state index contributed by atoms with van der Waals surface area (Å²) in [6.45, 7) is 3.45. The minimum absolute atomic E-state index is 0.0591. The van der Waals surface area contributed by atoms with Gasteiger partial charge in [-0.05, 0) is 31.9 Å². The molecule has 1 fully saturated rings. The Hall–Kier alpha value is -2.57. The lowest BCUT2D eigenvalue weighted by molar-refractivity contribution is -0.145. The number of phenols is 1. The number of benzene rings is 1. The fraction of sp³-hybridized carbons (Fsp3) is 0.471. The van der Waals surface area contributed by atoms with Crippen LogP contribution in [-0.2, 0) is 9.59 Å². The number of para-hydroxylation sites is 1. The predicted molar refractivity (Wildman–Crippen MR) is 90.1 cm³/mol. The van der Waals surface area contributed by atoms with Gasteiger partial charge in [0.15, 0.2) is 11.5 Å². The molecule has 0 bridgehead atoms. The maximum Gasteiger partial charge on any atom is 0.329 e. The number of amides is 2. The summed E-state index contributed by atoms with van der Waals surface area (Å²) in [5.41, 5.74) is 2.61. The predicted octanol–water partition coefficient (Wildman–Crippen LogP) is 1.64. The molecule has 1 heterocycles. The topological polar surface area (TPSA) is 91.2 Å². The molecule has 1 saturated heterocycles. The van der Waals surface area contributed by atoms with E-state index in [0.29, 0.717) is 31.0 Å². The number of hydrogen-bond acceptors (Lipinski definition) is 5. The molecule has 0 radical (unpaired) electrons. The maximum atomic E-state index is 12.1. The molecule has 1 aliphatic heterocycles. The molecule has 1 aliphatic rings. The van der Waals surface area contributed by atoms with Crippen LogP contribution >= 0.6 is 0 Å². The number of likely N-dealkylation sites (tertiary alicyclic amines) is 1. The van der Waals surface area contributed by atoms with Gasteiger partial charge in [-0.2, -0.15) is 5.10 Å². The summed E-state index contributed by atoms with van der Waals surface area (Å²) < 4.78 is 5.27. The van der Waals surface area contributed by atoms with E-state index in [1.807, 2.05) is 6.92 Å². The van der Waals surface area contributed by atoms with Crippen molar-refractivity contribution in [2.75, 3.05) is 19.7 Å². The molecule has 2 amide bonds. The number of carbonyl (C=O) groups is 2. The highest BCUT2D eigenvalue weighted by atomic mass is 16.5. The Labute approximate surface area is 141 Å². The first-order valence-corrected chi connectivity index (χ1v) is 8.20. The lowest BCUT2D eigenvalue weighted by atomic mass is 10.2. The van der Waals surface area contributed by atoms with Crippen LogP contribution < -0.4 is 10.2 Å². The van der Waals surface area contributed by atoms with E-state index in [1.54, 1.807) is 23.1 Å². The Morgan fingerprint density at radius 2 is 2.00 bits per heavy atom. The second-order valence-corrected chi connectivity index (χ2v) is 5.53. The number of nitrogens with zero attached hydrogens (tertiary/aromatic N) is 2. The van der Waals surface area contributed by atoms with E-state index in [4.69, 9.17) is 4.74 Å². The Balaban J connectivity index is 1.94. The van der Waals surface area contributed by atoms with Crippen molar-refractivity contribution in [3.05, 3.63) is 23.8 Å². The van der Waals surface area contributed by atoms with Crippen LogP contribution in [0.3, 0.4) is 0 Å². The number of rotatable bonds is 4. The van der Waals surface area contributed by atoms with Crippen LogP contribution in [0.2, 0.25) is 0 Å². The van der Waals surface area contributed by atoms with E-state index in [2.05, 4.69) is 10.5 Å². The van der Waals surface area contributed by atoms with Crippen LogP contribution in [-0.4, -0.2) is 47.7 Å². The lowest BCUT2D eigenvalue weighted by Gasteiger charge is -2.18. The van der Waals surface area contributed by atoms with Gasteiger partial charge in [0.25, 0.3) is 0 Å². The first kappa shape index (κ1) is 17.8. The molecule has 0 aliphatic carbocycles. The van der Waals surface area contributed by atoms with E-state index in [1.165, 1.54) is 6.21 Å². The quantitative estimate of drug-likeness (QED) is 0.498. The van der Waals surface area contributed by atoms with Crippen molar-refractivity contribution in [2.24, 2.45) is 5.10 Å². The molecule has 0 saturated carbocycles. The molecular weight excluding hydrogens is 310 g/mol. The van der Waals surface area contributed by atoms with E-state index in [9.17, 15) is 14.7 Å². The lowest BCUT2D eigenvalue weighted by Crippen LogP contribution is -2.41. The van der Waals surface area contributed by atoms with Gasteiger partial charge < -0.3 is 14.7 Å². The van der Waals surface area contributed by atoms with Crippen molar-refractivity contribution >= 4 is 18.0 Å². The van der Waals surface area contributed by atoms with Crippen LogP contribution in [0.15, 0.2) is 23.3 Å². The zero-order valence-electron chi connectivity index (χ0n) is 13.8. The molecule has 0 atom stereocenters. The van der Waals surface area contributed by atoms with Gasteiger partial charge in [0, 0.05) is 18.7 Å². The minimum Gasteiger partial charge on any atom is -0.504 e. The molecule has 7 heteroatoms. The number of hydrazone groups is 1. The van der Waals surface area contributed by atoms with E-state index in [0.717, 1.165) is 25.7 Å². The summed E-state index contributed by atoms with van der Waals surface area (Å²) in [6, 6.07) is 4.97. The third kappa shape index (κ3) is 4.71. The zero-order chi connectivity index (χ0) is 17.4. The number of ether oxygens (including phenoxy) is 1. The normalized spacial score (nSPS) is 15.1. The monoisotopic (exact) mass is 333 g/mol. The molecule has 0 spiro atoms. The molecule has 24 heavy (non-hydrogen) atoms. The van der Waals surface area contributed by atoms with Crippen molar-refractivity contribution < 1.29 is 19.4 Å². The van der Waals surface area contributed by atoms with Crippen LogP contribution in [0, 0.1) is 0 Å². The summed E-state index contributed by atoms with van der Waals surface area (Å²) >= 11 is 0. The molecule has 0 aromatic heterocycles. The van der Waals surface area contributed by atoms with Crippen LogP contribution in [0.25, 0.3) is 0 Å². The van der Waals surface area contributed by atoms with Crippen molar-refractivity contribution in [1.82, 2.24) is 10.3 Å². The van der Waals surface area contributed by atoms with Gasteiger partial charge in [-0.25, -0.2) is 5.43 Å². The standard InChI is InChI=1S/C17H23N3O4/c1-2-24-14-9-7-8-13(15(14)21)12-18-19-16(22)17(23)20-10-5-3-4-6-11-20/h7-9,12,21H,2-6,10-11H2,1H3,(H,19,22)/b18-12-. The fourth-order valence-corrected chi connectivity index (χ4v) is 2.54. The Morgan fingerprint density at radius 3 is 2.67 bits per heavy atom. The average molecular weight is 333 g/mol. The van der Waals surface area contributed by atoms with Crippen LogP contribution in [0.1, 0.15) is 38.2 Å². The van der Waals surface area contributed by atoms with E-state index < -0.39 is 11.8 Å². The average Bonchev–Trinajstić information content (AvgIpc) is 2.87. The Bertz CT molecular complexity index is 608. The van der Waals surface area contributed by atoms with E-state index >= 15 is 0 Å². The SMILES string of the molecule is CCOc1cccc(/C=N\NC(=O)C(=O)N2CCCCCC2)c1O. The summed E-state index contributed by atoms with van der Waals surface area (Å²) in [5, 5.41) is 13.8.